The Hall–Kier alpha value is -2.74. The van der Waals surface area contributed by atoms with E-state index in [4.69, 9.17) is 4.74 Å². The number of nitrogens with one attached hydrogen (secondary N) is 1. The van der Waals surface area contributed by atoms with Crippen molar-refractivity contribution in [1.29, 1.82) is 0 Å². The number of thiazole rings is 1. The summed E-state index contributed by atoms with van der Waals surface area (Å²) in [5.41, 5.74) is 1.38. The highest BCUT2D eigenvalue weighted by molar-refractivity contribution is 7.17. The van der Waals surface area contributed by atoms with E-state index in [1.54, 1.807) is 36.3 Å². The third-order valence-corrected chi connectivity index (χ3v) is 6.40. The van der Waals surface area contributed by atoms with E-state index in [2.05, 4.69) is 10.3 Å². The van der Waals surface area contributed by atoms with Gasteiger partial charge in [0.2, 0.25) is 11.8 Å². The topological polar surface area (TPSA) is 88.6 Å². The smallest absolute Gasteiger partial charge is 0.231 e. The van der Waals surface area contributed by atoms with Crippen molar-refractivity contribution in [3.05, 3.63) is 34.8 Å². The number of amides is 2. The van der Waals surface area contributed by atoms with Crippen molar-refractivity contribution in [2.24, 2.45) is 11.3 Å². The molecule has 0 radical (unpaired) electrons. The highest BCUT2D eigenvalue weighted by Crippen LogP contribution is 2.38. The summed E-state index contributed by atoms with van der Waals surface area (Å²) in [5.74, 6) is -0.00774. The second-order valence-electron chi connectivity index (χ2n) is 8.33. The molecule has 1 aromatic heterocycles. The highest BCUT2D eigenvalue weighted by atomic mass is 32.1. The lowest BCUT2D eigenvalue weighted by Crippen LogP contribution is -2.28. The molecule has 2 heterocycles. The molecule has 4 rings (SSSR count). The summed E-state index contributed by atoms with van der Waals surface area (Å²) in [5, 5.41) is 3.25. The SMILES string of the molecule is COc1ccc(N2C[C@@H](C(=O)Nc3nc4c(s3)C(=O)CC(C)(C)C4)CC2=O)cc1. The van der Waals surface area contributed by atoms with Gasteiger partial charge >= 0.3 is 0 Å². The number of aromatic nitrogens is 1. The lowest BCUT2D eigenvalue weighted by atomic mass is 9.78. The molecule has 1 fully saturated rings. The van der Waals surface area contributed by atoms with Gasteiger partial charge in [-0.15, -0.1) is 0 Å². The number of nitrogens with zero attached hydrogens (tertiary/aromatic N) is 2. The number of ketones is 1. The fraction of sp³-hybridized carbons (Fsp3) is 0.429. The van der Waals surface area contributed by atoms with E-state index in [1.165, 1.54) is 11.3 Å². The molecule has 1 aliphatic carbocycles. The molecule has 8 heteroatoms. The zero-order chi connectivity index (χ0) is 20.8. The van der Waals surface area contributed by atoms with Crippen LogP contribution in [0.25, 0.3) is 0 Å². The molecule has 2 amide bonds. The second-order valence-corrected chi connectivity index (χ2v) is 9.33. The Kier molecular flexibility index (Phi) is 4.90. The van der Waals surface area contributed by atoms with Gasteiger partial charge in [0.25, 0.3) is 0 Å². The van der Waals surface area contributed by atoms with Crippen LogP contribution in [-0.4, -0.2) is 36.2 Å². The van der Waals surface area contributed by atoms with E-state index in [1.807, 2.05) is 13.8 Å². The molecule has 2 aromatic rings. The number of methoxy groups -OCH3 is 1. The molecule has 1 atom stereocenters. The monoisotopic (exact) mass is 413 g/mol. The quantitative estimate of drug-likeness (QED) is 0.831. The Morgan fingerprint density at radius 1 is 1.24 bits per heavy atom. The van der Waals surface area contributed by atoms with Crippen LogP contribution in [-0.2, 0) is 16.0 Å². The molecule has 0 spiro atoms. The van der Waals surface area contributed by atoms with Crippen molar-refractivity contribution < 1.29 is 19.1 Å². The van der Waals surface area contributed by atoms with Gasteiger partial charge in [-0.05, 0) is 36.1 Å². The zero-order valence-corrected chi connectivity index (χ0v) is 17.5. The van der Waals surface area contributed by atoms with Gasteiger partial charge in [-0.1, -0.05) is 25.2 Å². The van der Waals surface area contributed by atoms with Crippen LogP contribution in [0.15, 0.2) is 24.3 Å². The molecule has 1 N–H and O–H groups in total. The Labute approximate surface area is 173 Å². The molecular formula is C21H23N3O4S. The van der Waals surface area contributed by atoms with Crippen molar-refractivity contribution in [1.82, 2.24) is 4.98 Å². The number of Topliss-reactive ketones (excluding diaryl/α,β-unsaturated/α-hetero) is 1. The molecule has 152 valence electrons. The van der Waals surface area contributed by atoms with Gasteiger partial charge in [0.15, 0.2) is 10.9 Å². The Balaban J connectivity index is 1.44. The van der Waals surface area contributed by atoms with Crippen LogP contribution in [0.5, 0.6) is 5.75 Å². The third-order valence-electron chi connectivity index (χ3n) is 5.35. The largest absolute Gasteiger partial charge is 0.497 e. The first-order valence-corrected chi connectivity index (χ1v) is 10.4. The average molecular weight is 413 g/mol. The number of carbonyl (C=O) groups is 3. The minimum Gasteiger partial charge on any atom is -0.497 e. The Morgan fingerprint density at radius 3 is 2.66 bits per heavy atom. The molecule has 2 aliphatic rings. The van der Waals surface area contributed by atoms with E-state index in [9.17, 15) is 14.4 Å². The van der Waals surface area contributed by atoms with E-state index >= 15 is 0 Å². The maximum atomic E-state index is 12.7. The Bertz CT molecular complexity index is 980. The van der Waals surface area contributed by atoms with Gasteiger partial charge in [-0.25, -0.2) is 4.98 Å². The summed E-state index contributed by atoms with van der Waals surface area (Å²) < 4.78 is 5.14. The first-order chi connectivity index (χ1) is 13.8. The summed E-state index contributed by atoms with van der Waals surface area (Å²) >= 11 is 1.23. The van der Waals surface area contributed by atoms with Crippen molar-refractivity contribution in [3.8, 4) is 5.75 Å². The molecule has 0 bridgehead atoms. The highest BCUT2D eigenvalue weighted by Gasteiger charge is 2.37. The first-order valence-electron chi connectivity index (χ1n) is 9.54. The molecule has 0 unspecified atom stereocenters. The van der Waals surface area contributed by atoms with Crippen LogP contribution in [0.4, 0.5) is 10.8 Å². The van der Waals surface area contributed by atoms with Gasteiger partial charge in [0, 0.05) is 25.1 Å². The number of anilines is 2. The molecule has 1 aromatic carbocycles. The summed E-state index contributed by atoms with van der Waals surface area (Å²) in [6, 6.07) is 7.18. The lowest BCUT2D eigenvalue weighted by molar-refractivity contribution is -0.122. The minimum absolute atomic E-state index is 0.0796. The van der Waals surface area contributed by atoms with Gasteiger partial charge in [-0.2, -0.15) is 0 Å². The fourth-order valence-electron chi connectivity index (χ4n) is 3.88. The maximum absolute atomic E-state index is 12.7. The van der Waals surface area contributed by atoms with Crippen LogP contribution >= 0.6 is 11.3 Å². The van der Waals surface area contributed by atoms with E-state index in [0.717, 1.165) is 11.4 Å². The van der Waals surface area contributed by atoms with Crippen molar-refractivity contribution in [3.63, 3.8) is 0 Å². The number of fused-ring (bicyclic) bond motifs is 1. The second kappa shape index (κ2) is 7.26. The van der Waals surface area contributed by atoms with Crippen molar-refractivity contribution >= 4 is 39.8 Å². The Morgan fingerprint density at radius 2 is 1.97 bits per heavy atom. The van der Waals surface area contributed by atoms with Crippen molar-refractivity contribution in [2.45, 2.75) is 33.1 Å². The number of benzene rings is 1. The average Bonchev–Trinajstić information content (AvgIpc) is 3.24. The summed E-state index contributed by atoms with van der Waals surface area (Å²) in [6.07, 6.45) is 1.35. The predicted octanol–water partition coefficient (Wildman–Crippen LogP) is 3.30. The normalized spacial score (nSPS) is 20.5. The third kappa shape index (κ3) is 3.89. The lowest BCUT2D eigenvalue weighted by Gasteiger charge is -2.26. The number of ether oxygens (including phenoxy) is 1. The molecule has 29 heavy (non-hydrogen) atoms. The van der Waals surface area contributed by atoms with E-state index < -0.39 is 5.92 Å². The maximum Gasteiger partial charge on any atom is 0.231 e. The first kappa shape index (κ1) is 19.6. The van der Waals surface area contributed by atoms with Crippen LogP contribution in [0.2, 0.25) is 0 Å². The van der Waals surface area contributed by atoms with Crippen LogP contribution in [0.1, 0.15) is 42.1 Å². The van der Waals surface area contributed by atoms with Crippen LogP contribution < -0.4 is 15.0 Å². The number of rotatable bonds is 4. The van der Waals surface area contributed by atoms with Gasteiger partial charge in [0.1, 0.15) is 5.75 Å². The summed E-state index contributed by atoms with van der Waals surface area (Å²) in [7, 11) is 1.58. The van der Waals surface area contributed by atoms with Gasteiger partial charge in [0.05, 0.1) is 23.6 Å². The molecule has 0 saturated carbocycles. The predicted molar refractivity (Wildman–Crippen MR) is 111 cm³/mol. The number of carbonyl (C=O) groups excluding carboxylic acids is 3. The van der Waals surface area contributed by atoms with Crippen LogP contribution in [0, 0.1) is 11.3 Å². The fourth-order valence-corrected chi connectivity index (χ4v) is 4.80. The van der Waals surface area contributed by atoms with Gasteiger partial charge in [-0.3, -0.25) is 14.4 Å². The van der Waals surface area contributed by atoms with Gasteiger partial charge < -0.3 is 15.0 Å². The molecule has 1 aliphatic heterocycles. The number of hydrogen-bond donors (Lipinski definition) is 1. The molecule has 1 saturated heterocycles. The zero-order valence-electron chi connectivity index (χ0n) is 16.7. The summed E-state index contributed by atoms with van der Waals surface area (Å²) in [4.78, 5) is 44.2. The van der Waals surface area contributed by atoms with Crippen molar-refractivity contribution in [2.75, 3.05) is 23.9 Å². The molecule has 7 nitrogen and oxygen atoms in total. The van der Waals surface area contributed by atoms with Crippen LogP contribution in [0.3, 0.4) is 0 Å². The van der Waals surface area contributed by atoms with E-state index in [-0.39, 0.29) is 29.4 Å². The standard InChI is InChI=1S/C21H23N3O4S/c1-21(2)9-15-18(16(25)10-21)29-20(22-15)23-19(27)12-8-17(26)24(11-12)13-4-6-14(28-3)7-5-13/h4-7,12H,8-11H2,1-3H3,(H,22,23,27)/t12-/m0/s1. The summed E-state index contributed by atoms with van der Waals surface area (Å²) in [6.45, 7) is 4.40. The number of hydrogen-bond acceptors (Lipinski definition) is 6. The minimum atomic E-state index is -0.460. The van der Waals surface area contributed by atoms with E-state index in [0.29, 0.717) is 35.1 Å². The molecular weight excluding hydrogens is 390 g/mol.